The maximum Gasteiger partial charge on any atom is 0.255 e. The maximum absolute atomic E-state index is 13.1. The van der Waals surface area contributed by atoms with Gasteiger partial charge >= 0.3 is 0 Å². The first-order valence-electron chi connectivity index (χ1n) is 9.93. The van der Waals surface area contributed by atoms with E-state index in [-0.39, 0.29) is 5.91 Å². The third kappa shape index (κ3) is 4.17. The molecule has 4 rings (SSSR count). The molecule has 0 bridgehead atoms. The van der Waals surface area contributed by atoms with E-state index >= 15 is 0 Å². The molecule has 1 aromatic heterocycles. The van der Waals surface area contributed by atoms with Crippen LogP contribution in [0.4, 0.5) is 0 Å². The number of para-hydroxylation sites is 1. The molecule has 150 valence electrons. The largest absolute Gasteiger partial charge is 0.497 e. The van der Waals surface area contributed by atoms with Crippen molar-refractivity contribution in [2.24, 2.45) is 0 Å². The van der Waals surface area contributed by atoms with E-state index in [1.165, 1.54) is 6.42 Å². The molecule has 3 aromatic rings. The highest BCUT2D eigenvalue weighted by molar-refractivity contribution is 6.00. The lowest BCUT2D eigenvalue weighted by Crippen LogP contribution is -2.38. The number of hydrogen-bond donors (Lipinski definition) is 1. The number of carbonyl (C=O) groups is 1. The maximum atomic E-state index is 13.1. The number of nitrogens with zero attached hydrogens (tertiary/aromatic N) is 3. The number of aromatic nitrogens is 2. The number of hydrogen-bond acceptors (Lipinski definition) is 4. The lowest BCUT2D eigenvalue weighted by Gasteiger charge is -2.19. The Hall–Kier alpha value is -3.12. The number of benzene rings is 2. The highest BCUT2D eigenvalue weighted by atomic mass is 16.5. The average Bonchev–Trinajstić information content (AvgIpc) is 3.39. The Balaban J connectivity index is 1.64. The molecule has 29 heavy (non-hydrogen) atoms. The molecule has 1 fully saturated rings. The fourth-order valence-corrected chi connectivity index (χ4v) is 3.76. The van der Waals surface area contributed by atoms with Gasteiger partial charge in [-0.25, -0.2) is 4.68 Å². The van der Waals surface area contributed by atoms with Crippen molar-refractivity contribution < 1.29 is 9.53 Å². The van der Waals surface area contributed by atoms with Crippen LogP contribution >= 0.6 is 0 Å². The summed E-state index contributed by atoms with van der Waals surface area (Å²) < 4.78 is 7.01. The van der Waals surface area contributed by atoms with E-state index in [9.17, 15) is 4.79 Å². The second-order valence-electron chi connectivity index (χ2n) is 7.39. The zero-order valence-corrected chi connectivity index (χ0v) is 16.8. The van der Waals surface area contributed by atoms with Crippen LogP contribution in [-0.4, -0.2) is 53.9 Å². The smallest absolute Gasteiger partial charge is 0.255 e. The van der Waals surface area contributed by atoms with E-state index in [0.717, 1.165) is 30.0 Å². The van der Waals surface area contributed by atoms with Crippen molar-refractivity contribution in [1.29, 1.82) is 0 Å². The molecule has 1 N–H and O–H groups in total. The van der Waals surface area contributed by atoms with Gasteiger partial charge in [0.15, 0.2) is 0 Å². The molecular formula is C23H26N4O2. The van der Waals surface area contributed by atoms with Crippen molar-refractivity contribution >= 4 is 5.91 Å². The second-order valence-corrected chi connectivity index (χ2v) is 7.39. The Morgan fingerprint density at radius 3 is 2.59 bits per heavy atom. The number of likely N-dealkylation sites (N-methyl/N-ethyl adjacent to an activating group) is 1. The van der Waals surface area contributed by atoms with Gasteiger partial charge in [-0.2, -0.15) is 5.10 Å². The molecule has 0 radical (unpaired) electrons. The molecule has 2 aromatic carbocycles. The van der Waals surface area contributed by atoms with Gasteiger partial charge in [0.2, 0.25) is 0 Å². The number of methoxy groups -OCH3 is 1. The second kappa shape index (κ2) is 8.49. The monoisotopic (exact) mass is 390 g/mol. The predicted molar refractivity (Wildman–Crippen MR) is 114 cm³/mol. The standard InChI is InChI=1S/C23H26N4O2/c1-26-14-6-9-19(26)15-24-23(28)21-16-27(18-7-4-3-5-8-18)25-22(21)17-10-12-20(29-2)13-11-17/h3-5,7-8,10-13,16,19H,6,9,14-15H2,1-2H3,(H,24,28)/t19-/m0/s1. The molecule has 0 spiro atoms. The van der Waals surface area contributed by atoms with Crippen LogP contribution in [-0.2, 0) is 0 Å². The molecule has 6 nitrogen and oxygen atoms in total. The van der Waals surface area contributed by atoms with Gasteiger partial charge in [-0.3, -0.25) is 4.79 Å². The molecule has 0 saturated carbocycles. The Kier molecular flexibility index (Phi) is 5.62. The lowest BCUT2D eigenvalue weighted by atomic mass is 10.1. The summed E-state index contributed by atoms with van der Waals surface area (Å²) in [6, 6.07) is 17.8. The van der Waals surface area contributed by atoms with Crippen molar-refractivity contribution in [1.82, 2.24) is 20.0 Å². The number of nitrogens with one attached hydrogen (secondary N) is 1. The highest BCUT2D eigenvalue weighted by Gasteiger charge is 2.23. The van der Waals surface area contributed by atoms with Crippen molar-refractivity contribution in [3.63, 3.8) is 0 Å². The van der Waals surface area contributed by atoms with Crippen LogP contribution in [0.25, 0.3) is 16.9 Å². The molecule has 2 heterocycles. The van der Waals surface area contributed by atoms with Gasteiger partial charge in [0.1, 0.15) is 11.4 Å². The third-order valence-electron chi connectivity index (χ3n) is 5.51. The van der Waals surface area contributed by atoms with Gasteiger partial charge in [-0.05, 0) is 62.8 Å². The first-order chi connectivity index (χ1) is 14.2. The van der Waals surface area contributed by atoms with Gasteiger partial charge in [-0.1, -0.05) is 18.2 Å². The molecular weight excluding hydrogens is 364 g/mol. The van der Waals surface area contributed by atoms with Crippen molar-refractivity contribution in [2.75, 3.05) is 27.2 Å². The van der Waals surface area contributed by atoms with E-state index in [4.69, 9.17) is 9.84 Å². The normalized spacial score (nSPS) is 16.7. The van der Waals surface area contributed by atoms with E-state index in [2.05, 4.69) is 17.3 Å². The van der Waals surface area contributed by atoms with Crippen molar-refractivity contribution in [2.45, 2.75) is 18.9 Å². The number of amides is 1. The molecule has 0 unspecified atom stereocenters. The van der Waals surface area contributed by atoms with Crippen LogP contribution in [0.3, 0.4) is 0 Å². The van der Waals surface area contributed by atoms with Crippen LogP contribution in [0.2, 0.25) is 0 Å². The molecule has 1 atom stereocenters. The minimum atomic E-state index is -0.0988. The summed E-state index contributed by atoms with van der Waals surface area (Å²) in [5.74, 6) is 0.671. The molecule has 1 amide bonds. The van der Waals surface area contributed by atoms with Crippen LogP contribution < -0.4 is 10.1 Å². The summed E-state index contributed by atoms with van der Waals surface area (Å²) in [5.41, 5.74) is 3.02. The molecule has 1 aliphatic heterocycles. The van der Waals surface area contributed by atoms with Gasteiger partial charge in [-0.15, -0.1) is 0 Å². The van der Waals surface area contributed by atoms with Crippen LogP contribution in [0.5, 0.6) is 5.75 Å². The summed E-state index contributed by atoms with van der Waals surface area (Å²) >= 11 is 0. The molecule has 1 aliphatic rings. The van der Waals surface area contributed by atoms with Crippen molar-refractivity contribution in [3.05, 3.63) is 66.4 Å². The Bertz CT molecular complexity index is 966. The minimum Gasteiger partial charge on any atom is -0.497 e. The summed E-state index contributed by atoms with van der Waals surface area (Å²) in [6.07, 6.45) is 4.11. The average molecular weight is 390 g/mol. The molecule has 0 aliphatic carbocycles. The first-order valence-corrected chi connectivity index (χ1v) is 9.93. The fraction of sp³-hybridized carbons (Fsp3) is 0.304. The van der Waals surface area contributed by atoms with Gasteiger partial charge in [0.05, 0.1) is 18.4 Å². The summed E-state index contributed by atoms with van der Waals surface area (Å²) in [4.78, 5) is 15.4. The number of likely N-dealkylation sites (tertiary alicyclic amines) is 1. The highest BCUT2D eigenvalue weighted by Crippen LogP contribution is 2.26. The zero-order chi connectivity index (χ0) is 20.2. The Morgan fingerprint density at radius 1 is 1.17 bits per heavy atom. The van der Waals surface area contributed by atoms with Gasteiger partial charge < -0.3 is 15.0 Å². The lowest BCUT2D eigenvalue weighted by molar-refractivity contribution is 0.0944. The minimum absolute atomic E-state index is 0.0988. The van der Waals surface area contributed by atoms with Crippen LogP contribution in [0.15, 0.2) is 60.8 Å². The fourth-order valence-electron chi connectivity index (χ4n) is 3.76. The van der Waals surface area contributed by atoms with E-state index in [0.29, 0.717) is 23.8 Å². The SMILES string of the molecule is COc1ccc(-c2nn(-c3ccccc3)cc2C(=O)NC[C@@H]2CCCN2C)cc1. The summed E-state index contributed by atoms with van der Waals surface area (Å²) in [6.45, 7) is 1.73. The Morgan fingerprint density at radius 2 is 1.93 bits per heavy atom. The van der Waals surface area contributed by atoms with Crippen LogP contribution in [0, 0.1) is 0 Å². The summed E-state index contributed by atoms with van der Waals surface area (Å²) in [7, 11) is 3.75. The number of ether oxygens (including phenoxy) is 1. The van der Waals surface area contributed by atoms with Crippen molar-refractivity contribution in [3.8, 4) is 22.7 Å². The topological polar surface area (TPSA) is 59.4 Å². The zero-order valence-electron chi connectivity index (χ0n) is 16.8. The van der Waals surface area contributed by atoms with E-state index < -0.39 is 0 Å². The number of carbonyl (C=O) groups excluding carboxylic acids is 1. The van der Waals surface area contributed by atoms with E-state index in [1.54, 1.807) is 11.8 Å². The van der Waals surface area contributed by atoms with E-state index in [1.807, 2.05) is 60.8 Å². The third-order valence-corrected chi connectivity index (χ3v) is 5.51. The van der Waals surface area contributed by atoms with Crippen LogP contribution in [0.1, 0.15) is 23.2 Å². The predicted octanol–water partition coefficient (Wildman–Crippen LogP) is 3.37. The quantitative estimate of drug-likeness (QED) is 0.701. The molecule has 6 heteroatoms. The van der Waals surface area contributed by atoms with Gasteiger partial charge in [0.25, 0.3) is 5.91 Å². The Labute approximate surface area is 171 Å². The number of rotatable bonds is 6. The van der Waals surface area contributed by atoms with Gasteiger partial charge in [0, 0.05) is 24.3 Å². The summed E-state index contributed by atoms with van der Waals surface area (Å²) in [5, 5.41) is 7.84. The first kappa shape index (κ1) is 19.2. The molecule has 1 saturated heterocycles.